The number of nitrogens with one attached hydrogen (secondary N) is 1. The van der Waals surface area contributed by atoms with E-state index in [1.165, 1.54) is 30.8 Å². The first-order chi connectivity index (χ1) is 8.70. The lowest BCUT2D eigenvalue weighted by Gasteiger charge is -2.10. The average molecular weight is 275 g/mol. The highest BCUT2D eigenvalue weighted by Gasteiger charge is 2.30. The number of hydrogen-bond acceptors (Lipinski definition) is 2. The Balaban J connectivity index is 2.77. The number of Topliss-reactive ketones (excluding diaryl/α,β-unsaturated/α-hetero) is 1. The number of nitrogens with zero attached hydrogens (tertiary/aromatic N) is 1. The summed E-state index contributed by atoms with van der Waals surface area (Å²) in [4.78, 5) is 22.7. The summed E-state index contributed by atoms with van der Waals surface area (Å²) in [5, 5.41) is 1.80. The van der Waals surface area contributed by atoms with Crippen molar-refractivity contribution in [2.45, 2.75) is 26.1 Å². The number of alkyl halides is 3. The highest BCUT2D eigenvalue weighted by Crippen LogP contribution is 2.12. The fourth-order valence-electron chi connectivity index (χ4n) is 1.41. The second kappa shape index (κ2) is 5.81. The largest absolute Gasteiger partial charge is 0.405 e. The molecule has 104 valence electrons. The van der Waals surface area contributed by atoms with Gasteiger partial charge in [-0.15, -0.1) is 0 Å². The number of aromatic nitrogens is 1. The Labute approximate surface area is 108 Å². The van der Waals surface area contributed by atoms with E-state index in [0.717, 1.165) is 0 Å². The molecule has 0 fully saturated rings. The van der Waals surface area contributed by atoms with Gasteiger partial charge < -0.3 is 5.32 Å². The molecule has 1 aromatic heterocycles. The zero-order valence-electron chi connectivity index (χ0n) is 10.5. The lowest BCUT2D eigenvalue weighted by atomic mass is 10.2. The molecule has 1 atom stereocenters. The molecule has 0 aliphatic heterocycles. The van der Waals surface area contributed by atoms with Crippen LogP contribution in [0.1, 0.15) is 30.2 Å². The Morgan fingerprint density at radius 2 is 2.05 bits per heavy atom. The van der Waals surface area contributed by atoms with Crippen molar-refractivity contribution in [2.24, 2.45) is 0 Å². The Hall–Kier alpha value is -1.92. The van der Waals surface area contributed by atoms with Crippen LogP contribution in [0.5, 0.6) is 0 Å². The monoisotopic (exact) mass is 275 g/mol. The van der Waals surface area contributed by atoms with E-state index in [2.05, 4.69) is 0 Å². The van der Waals surface area contributed by atoms with Gasteiger partial charge in [0.25, 0.3) is 5.91 Å². The topological polar surface area (TPSA) is 50.0 Å². The molecule has 0 radical (unpaired) electrons. The van der Waals surface area contributed by atoms with E-state index in [4.69, 9.17) is 0 Å². The molecule has 1 heterocycles. The van der Waals surface area contributed by atoms with E-state index in [1.807, 2.05) is 0 Å². The van der Waals surface area contributed by atoms with Crippen molar-refractivity contribution in [1.82, 2.24) is 5.32 Å². The Kier molecular flexibility index (Phi) is 4.63. The molecule has 1 N–H and O–H groups in total. The van der Waals surface area contributed by atoms with E-state index in [-0.39, 0.29) is 5.78 Å². The molecule has 19 heavy (non-hydrogen) atoms. The number of carbonyl (C=O) groups is 2. The molecule has 0 aliphatic rings. The van der Waals surface area contributed by atoms with Gasteiger partial charge in [-0.3, -0.25) is 9.59 Å². The molecule has 0 saturated carbocycles. The normalized spacial score (nSPS) is 12.9. The molecule has 1 rings (SSSR count). The maximum atomic E-state index is 12.0. The Bertz CT molecular complexity index is 486. The molecular weight excluding hydrogens is 261 g/mol. The Morgan fingerprint density at radius 3 is 2.58 bits per heavy atom. The summed E-state index contributed by atoms with van der Waals surface area (Å²) in [6, 6.07) is 2.30. The minimum Gasteiger partial charge on any atom is -0.341 e. The fraction of sp³-hybridized carbons (Fsp3) is 0.417. The summed E-state index contributed by atoms with van der Waals surface area (Å²) < 4.78 is 37.3. The van der Waals surface area contributed by atoms with E-state index < -0.39 is 24.7 Å². The van der Waals surface area contributed by atoms with E-state index >= 15 is 0 Å². The quantitative estimate of drug-likeness (QED) is 0.667. The first-order valence-corrected chi connectivity index (χ1v) is 5.57. The van der Waals surface area contributed by atoms with Crippen LogP contribution < -0.4 is 9.88 Å². The van der Waals surface area contributed by atoms with Crippen LogP contribution >= 0.6 is 0 Å². The molecule has 1 amide bonds. The summed E-state index contributed by atoms with van der Waals surface area (Å²) in [7, 11) is 0. The zero-order valence-corrected chi connectivity index (χ0v) is 10.5. The second-order valence-corrected chi connectivity index (χ2v) is 4.10. The van der Waals surface area contributed by atoms with Crippen molar-refractivity contribution in [3.8, 4) is 0 Å². The summed E-state index contributed by atoms with van der Waals surface area (Å²) in [5.74, 6) is -0.944. The van der Waals surface area contributed by atoms with Crippen molar-refractivity contribution >= 4 is 11.7 Å². The van der Waals surface area contributed by atoms with Crippen molar-refractivity contribution in [1.29, 1.82) is 0 Å². The van der Waals surface area contributed by atoms with Crippen LogP contribution in [0.3, 0.4) is 0 Å². The van der Waals surface area contributed by atoms with Crippen LogP contribution in [0.25, 0.3) is 0 Å². The van der Waals surface area contributed by atoms with Crippen LogP contribution in [-0.4, -0.2) is 24.4 Å². The van der Waals surface area contributed by atoms with Gasteiger partial charge in [-0.2, -0.15) is 17.7 Å². The van der Waals surface area contributed by atoms with Crippen molar-refractivity contribution in [3.05, 3.63) is 30.1 Å². The van der Waals surface area contributed by atoms with Gasteiger partial charge in [0, 0.05) is 13.0 Å². The van der Waals surface area contributed by atoms with Crippen molar-refractivity contribution in [3.63, 3.8) is 0 Å². The van der Waals surface area contributed by atoms with Gasteiger partial charge in [-0.1, -0.05) is 0 Å². The van der Waals surface area contributed by atoms with Gasteiger partial charge in [0.15, 0.2) is 18.2 Å². The van der Waals surface area contributed by atoms with Gasteiger partial charge in [-0.25, -0.2) is 0 Å². The summed E-state index contributed by atoms with van der Waals surface area (Å²) in [6.45, 7) is 1.45. The van der Waals surface area contributed by atoms with Gasteiger partial charge in [0.05, 0.1) is 5.56 Å². The highest BCUT2D eigenvalue weighted by atomic mass is 19.4. The van der Waals surface area contributed by atoms with Crippen LogP contribution in [0.15, 0.2) is 24.5 Å². The first kappa shape index (κ1) is 15.1. The molecule has 0 spiro atoms. The molecular formula is C12H14F3N2O2+. The van der Waals surface area contributed by atoms with E-state index in [1.54, 1.807) is 17.4 Å². The van der Waals surface area contributed by atoms with Crippen LogP contribution in [0, 0.1) is 0 Å². The molecule has 4 nitrogen and oxygen atoms in total. The summed E-state index contributed by atoms with van der Waals surface area (Å²) in [6.07, 6.45) is -1.49. The van der Waals surface area contributed by atoms with Gasteiger partial charge >= 0.3 is 6.18 Å². The molecule has 0 bridgehead atoms. The predicted octanol–water partition coefficient (Wildman–Crippen LogP) is 1.42. The van der Waals surface area contributed by atoms with Gasteiger partial charge in [0.1, 0.15) is 6.54 Å². The van der Waals surface area contributed by atoms with Gasteiger partial charge in [-0.05, 0) is 13.0 Å². The number of hydrogen-bond donors (Lipinski definition) is 1. The minimum atomic E-state index is -4.44. The van der Waals surface area contributed by atoms with E-state index in [0.29, 0.717) is 5.56 Å². The molecule has 0 unspecified atom stereocenters. The fourth-order valence-corrected chi connectivity index (χ4v) is 1.41. The van der Waals surface area contributed by atoms with E-state index in [9.17, 15) is 22.8 Å². The number of pyridine rings is 1. The van der Waals surface area contributed by atoms with Crippen LogP contribution in [0.4, 0.5) is 13.2 Å². The molecule has 0 aromatic carbocycles. The summed E-state index contributed by atoms with van der Waals surface area (Å²) >= 11 is 0. The number of amides is 1. The number of ketones is 1. The third kappa shape index (κ3) is 4.69. The standard InChI is InChI=1S/C12H13F3N2O2/c1-8(11(19)16-7-12(13,14)15)17-5-3-4-10(6-17)9(2)18/h3-6,8H,7H2,1-2H3/p+1/t8-/m0/s1. The lowest BCUT2D eigenvalue weighted by Crippen LogP contribution is -2.48. The maximum absolute atomic E-state index is 12.0. The molecule has 1 aromatic rings. The number of halogens is 3. The first-order valence-electron chi connectivity index (χ1n) is 5.57. The third-order valence-electron chi connectivity index (χ3n) is 2.52. The highest BCUT2D eigenvalue weighted by molar-refractivity contribution is 5.93. The average Bonchev–Trinajstić information content (AvgIpc) is 2.34. The van der Waals surface area contributed by atoms with Crippen LogP contribution in [0.2, 0.25) is 0 Å². The predicted molar refractivity (Wildman–Crippen MR) is 60.4 cm³/mol. The van der Waals surface area contributed by atoms with Crippen LogP contribution in [-0.2, 0) is 4.79 Å². The molecule has 7 heteroatoms. The van der Waals surface area contributed by atoms with Gasteiger partial charge in [0.2, 0.25) is 6.04 Å². The van der Waals surface area contributed by atoms with Crippen molar-refractivity contribution < 1.29 is 27.3 Å². The second-order valence-electron chi connectivity index (χ2n) is 4.10. The zero-order chi connectivity index (χ0) is 14.6. The number of rotatable bonds is 4. The number of carbonyl (C=O) groups excluding carboxylic acids is 2. The minimum absolute atomic E-state index is 0.183. The van der Waals surface area contributed by atoms with Crippen molar-refractivity contribution in [2.75, 3.05) is 6.54 Å². The SMILES string of the molecule is CC(=O)c1ccc[n+]([C@@H](C)C(=O)NCC(F)(F)F)c1. The smallest absolute Gasteiger partial charge is 0.341 e. The maximum Gasteiger partial charge on any atom is 0.405 e. The molecule has 0 saturated heterocycles. The lowest BCUT2D eigenvalue weighted by molar-refractivity contribution is -0.706. The third-order valence-corrected chi connectivity index (χ3v) is 2.52. The Morgan fingerprint density at radius 1 is 1.42 bits per heavy atom. The molecule has 0 aliphatic carbocycles. The summed E-state index contributed by atoms with van der Waals surface area (Å²) in [5.41, 5.74) is 0.387.